The SMILES string of the molecule is NC(=S)c1ccc(OCC2CC2)nc1. The van der Waals surface area contributed by atoms with Crippen LogP contribution >= 0.6 is 12.2 Å². The van der Waals surface area contributed by atoms with Gasteiger partial charge in [0.25, 0.3) is 0 Å². The lowest BCUT2D eigenvalue weighted by Crippen LogP contribution is -2.09. The number of thiocarbonyl (C=S) groups is 1. The van der Waals surface area contributed by atoms with Crippen molar-refractivity contribution in [2.45, 2.75) is 12.8 Å². The van der Waals surface area contributed by atoms with E-state index < -0.39 is 0 Å². The molecule has 0 aromatic carbocycles. The molecular formula is C10H12N2OS. The van der Waals surface area contributed by atoms with Crippen LogP contribution in [0.4, 0.5) is 0 Å². The third-order valence-corrected chi connectivity index (χ3v) is 2.42. The van der Waals surface area contributed by atoms with Crippen molar-refractivity contribution in [2.75, 3.05) is 6.61 Å². The van der Waals surface area contributed by atoms with E-state index in [1.165, 1.54) is 12.8 Å². The van der Waals surface area contributed by atoms with Crippen molar-refractivity contribution in [2.24, 2.45) is 11.7 Å². The van der Waals surface area contributed by atoms with Crippen molar-refractivity contribution in [3.63, 3.8) is 0 Å². The van der Waals surface area contributed by atoms with Gasteiger partial charge < -0.3 is 10.5 Å². The quantitative estimate of drug-likeness (QED) is 0.762. The highest BCUT2D eigenvalue weighted by atomic mass is 32.1. The molecule has 1 aromatic rings. The molecular weight excluding hydrogens is 196 g/mol. The number of aromatic nitrogens is 1. The van der Waals surface area contributed by atoms with Crippen molar-refractivity contribution < 1.29 is 4.74 Å². The van der Waals surface area contributed by atoms with E-state index in [4.69, 9.17) is 22.7 Å². The molecule has 2 N–H and O–H groups in total. The summed E-state index contributed by atoms with van der Waals surface area (Å²) in [5, 5.41) is 0. The van der Waals surface area contributed by atoms with Crippen LogP contribution in [0.15, 0.2) is 18.3 Å². The summed E-state index contributed by atoms with van der Waals surface area (Å²) in [6.07, 6.45) is 4.21. The van der Waals surface area contributed by atoms with Gasteiger partial charge in [0.1, 0.15) is 4.99 Å². The minimum Gasteiger partial charge on any atom is -0.477 e. The Morgan fingerprint density at radius 2 is 2.36 bits per heavy atom. The summed E-state index contributed by atoms with van der Waals surface area (Å²) in [7, 11) is 0. The van der Waals surface area contributed by atoms with Crippen molar-refractivity contribution in [3.05, 3.63) is 23.9 Å². The summed E-state index contributed by atoms with van der Waals surface area (Å²) in [5.74, 6) is 1.39. The van der Waals surface area contributed by atoms with Crippen LogP contribution in [0, 0.1) is 5.92 Å². The summed E-state index contributed by atoms with van der Waals surface area (Å²) in [5.41, 5.74) is 6.22. The molecule has 0 amide bonds. The third kappa shape index (κ3) is 2.42. The average molecular weight is 208 g/mol. The lowest BCUT2D eigenvalue weighted by molar-refractivity contribution is 0.288. The summed E-state index contributed by atoms with van der Waals surface area (Å²) < 4.78 is 5.47. The van der Waals surface area contributed by atoms with Gasteiger partial charge in [-0.1, -0.05) is 12.2 Å². The van der Waals surface area contributed by atoms with Crippen LogP contribution in [-0.4, -0.2) is 16.6 Å². The first-order valence-electron chi connectivity index (χ1n) is 4.64. The van der Waals surface area contributed by atoms with Crippen LogP contribution in [0.25, 0.3) is 0 Å². The van der Waals surface area contributed by atoms with E-state index in [9.17, 15) is 0 Å². The molecule has 1 aliphatic carbocycles. The lowest BCUT2D eigenvalue weighted by Gasteiger charge is -2.04. The monoisotopic (exact) mass is 208 g/mol. The normalized spacial score (nSPS) is 15.1. The maximum atomic E-state index is 5.47. The molecule has 2 rings (SSSR count). The van der Waals surface area contributed by atoms with Gasteiger partial charge in [-0.15, -0.1) is 0 Å². The molecule has 1 heterocycles. The standard InChI is InChI=1S/C10H12N2OS/c11-10(14)8-3-4-9(12-5-8)13-6-7-1-2-7/h3-5,7H,1-2,6H2,(H2,11,14). The van der Waals surface area contributed by atoms with Crippen LogP contribution < -0.4 is 10.5 Å². The van der Waals surface area contributed by atoms with Crippen LogP contribution in [0.5, 0.6) is 5.88 Å². The molecule has 4 heteroatoms. The van der Waals surface area contributed by atoms with Crippen molar-refractivity contribution in [1.29, 1.82) is 0 Å². The molecule has 3 nitrogen and oxygen atoms in total. The fourth-order valence-corrected chi connectivity index (χ4v) is 1.22. The van der Waals surface area contributed by atoms with Gasteiger partial charge in [0.2, 0.25) is 5.88 Å². The second-order valence-corrected chi connectivity index (χ2v) is 3.94. The van der Waals surface area contributed by atoms with Gasteiger partial charge >= 0.3 is 0 Å². The second kappa shape index (κ2) is 3.92. The number of ether oxygens (including phenoxy) is 1. The van der Waals surface area contributed by atoms with Gasteiger partial charge in [0.05, 0.1) is 6.61 Å². The fourth-order valence-electron chi connectivity index (χ4n) is 1.10. The van der Waals surface area contributed by atoms with Gasteiger partial charge in [0, 0.05) is 17.8 Å². The smallest absolute Gasteiger partial charge is 0.213 e. The predicted octanol–water partition coefficient (Wildman–Crippen LogP) is 1.50. The van der Waals surface area contributed by atoms with Gasteiger partial charge in [0.15, 0.2) is 0 Å². The second-order valence-electron chi connectivity index (χ2n) is 3.50. The van der Waals surface area contributed by atoms with Crippen LogP contribution in [-0.2, 0) is 0 Å². The molecule has 0 radical (unpaired) electrons. The molecule has 0 saturated heterocycles. The summed E-state index contributed by atoms with van der Waals surface area (Å²) in [6, 6.07) is 3.63. The Morgan fingerprint density at radius 1 is 1.57 bits per heavy atom. The molecule has 1 aliphatic rings. The molecule has 0 aliphatic heterocycles. The zero-order valence-electron chi connectivity index (χ0n) is 7.77. The Morgan fingerprint density at radius 3 is 2.86 bits per heavy atom. The third-order valence-electron chi connectivity index (χ3n) is 2.18. The van der Waals surface area contributed by atoms with Crippen molar-refractivity contribution in [1.82, 2.24) is 4.98 Å². The number of pyridine rings is 1. The van der Waals surface area contributed by atoms with Crippen LogP contribution in [0.2, 0.25) is 0 Å². The Kier molecular flexibility index (Phi) is 2.63. The number of nitrogens with zero attached hydrogens (tertiary/aromatic N) is 1. The molecule has 1 saturated carbocycles. The average Bonchev–Trinajstić information content (AvgIpc) is 2.99. The molecule has 14 heavy (non-hydrogen) atoms. The Hall–Kier alpha value is -1.16. The van der Waals surface area contributed by atoms with Crippen molar-refractivity contribution in [3.8, 4) is 5.88 Å². The maximum absolute atomic E-state index is 5.47. The number of nitrogens with two attached hydrogens (primary N) is 1. The zero-order valence-corrected chi connectivity index (χ0v) is 8.59. The Bertz CT molecular complexity index is 332. The molecule has 74 valence electrons. The highest BCUT2D eigenvalue weighted by Gasteiger charge is 2.21. The van der Waals surface area contributed by atoms with Gasteiger partial charge in [-0.2, -0.15) is 0 Å². The largest absolute Gasteiger partial charge is 0.477 e. The van der Waals surface area contributed by atoms with E-state index in [0.717, 1.165) is 18.1 Å². The van der Waals surface area contributed by atoms with E-state index in [0.29, 0.717) is 10.9 Å². The van der Waals surface area contributed by atoms with Crippen LogP contribution in [0.3, 0.4) is 0 Å². The zero-order chi connectivity index (χ0) is 9.97. The summed E-state index contributed by atoms with van der Waals surface area (Å²) in [6.45, 7) is 0.777. The molecule has 0 bridgehead atoms. The molecule has 0 unspecified atom stereocenters. The van der Waals surface area contributed by atoms with E-state index in [-0.39, 0.29) is 0 Å². The minimum absolute atomic E-state index is 0.367. The number of rotatable bonds is 4. The minimum atomic E-state index is 0.367. The maximum Gasteiger partial charge on any atom is 0.213 e. The van der Waals surface area contributed by atoms with Gasteiger partial charge in [-0.25, -0.2) is 4.98 Å². The lowest BCUT2D eigenvalue weighted by atomic mass is 10.3. The van der Waals surface area contributed by atoms with E-state index in [2.05, 4.69) is 4.98 Å². The molecule has 0 spiro atoms. The topological polar surface area (TPSA) is 48.1 Å². The van der Waals surface area contributed by atoms with E-state index in [1.54, 1.807) is 12.3 Å². The molecule has 0 atom stereocenters. The number of hydrogen-bond acceptors (Lipinski definition) is 3. The number of hydrogen-bond donors (Lipinski definition) is 1. The molecule has 1 fully saturated rings. The molecule has 1 aromatic heterocycles. The fraction of sp³-hybridized carbons (Fsp3) is 0.400. The van der Waals surface area contributed by atoms with Gasteiger partial charge in [-0.05, 0) is 24.8 Å². The summed E-state index contributed by atoms with van der Waals surface area (Å²) in [4.78, 5) is 4.48. The first-order valence-corrected chi connectivity index (χ1v) is 5.05. The highest BCUT2D eigenvalue weighted by Crippen LogP contribution is 2.29. The van der Waals surface area contributed by atoms with Crippen LogP contribution in [0.1, 0.15) is 18.4 Å². The highest BCUT2D eigenvalue weighted by molar-refractivity contribution is 7.80. The van der Waals surface area contributed by atoms with Gasteiger partial charge in [-0.3, -0.25) is 0 Å². The van der Waals surface area contributed by atoms with Crippen molar-refractivity contribution >= 4 is 17.2 Å². The first kappa shape index (κ1) is 9.40. The van der Waals surface area contributed by atoms with E-state index >= 15 is 0 Å². The first-order chi connectivity index (χ1) is 6.75. The Labute approximate surface area is 88.3 Å². The van der Waals surface area contributed by atoms with E-state index in [1.807, 2.05) is 6.07 Å². The summed E-state index contributed by atoms with van der Waals surface area (Å²) >= 11 is 4.82. The Balaban J connectivity index is 1.94. The predicted molar refractivity (Wildman–Crippen MR) is 58.3 cm³/mol.